The van der Waals surface area contributed by atoms with Crippen molar-refractivity contribution < 1.29 is 8.42 Å². The van der Waals surface area contributed by atoms with E-state index in [0.717, 1.165) is 50.5 Å². The van der Waals surface area contributed by atoms with Gasteiger partial charge in [-0.3, -0.25) is 0 Å². The average Bonchev–Trinajstić information content (AvgIpc) is 3.06. The van der Waals surface area contributed by atoms with Crippen molar-refractivity contribution in [1.29, 1.82) is 0 Å². The molecule has 0 unspecified atom stereocenters. The standard InChI is InChI=1S/C15H24N4O2S/c20-22(21,15-11-17-14-2-1-7-19(14)15)18-8-5-13(6-9-18)16-10-12-3-4-12/h11-13,16H,1-10H2. The zero-order valence-corrected chi connectivity index (χ0v) is 13.7. The van der Waals surface area contributed by atoms with Gasteiger partial charge in [-0.15, -0.1) is 0 Å². The molecular formula is C15H24N4O2S. The molecule has 1 aromatic rings. The highest BCUT2D eigenvalue weighted by atomic mass is 32.2. The number of hydrogen-bond acceptors (Lipinski definition) is 4. The fourth-order valence-electron chi connectivity index (χ4n) is 3.52. The van der Waals surface area contributed by atoms with Crippen LogP contribution in [-0.4, -0.2) is 48.0 Å². The van der Waals surface area contributed by atoms with Crippen molar-refractivity contribution in [3.05, 3.63) is 12.0 Å². The second kappa shape index (κ2) is 5.62. The average molecular weight is 324 g/mol. The van der Waals surface area contributed by atoms with E-state index in [0.29, 0.717) is 24.2 Å². The van der Waals surface area contributed by atoms with Gasteiger partial charge in [0.2, 0.25) is 0 Å². The summed E-state index contributed by atoms with van der Waals surface area (Å²) in [6.07, 6.45) is 7.96. The Kier molecular flexibility index (Phi) is 3.74. The van der Waals surface area contributed by atoms with Crippen LogP contribution in [0.15, 0.2) is 11.2 Å². The van der Waals surface area contributed by atoms with Gasteiger partial charge in [0.25, 0.3) is 10.0 Å². The Morgan fingerprint density at radius 3 is 2.68 bits per heavy atom. The van der Waals surface area contributed by atoms with Gasteiger partial charge < -0.3 is 9.88 Å². The number of fused-ring (bicyclic) bond motifs is 1. The Hall–Kier alpha value is -0.920. The van der Waals surface area contributed by atoms with E-state index in [1.165, 1.54) is 12.8 Å². The zero-order valence-electron chi connectivity index (χ0n) is 12.9. The summed E-state index contributed by atoms with van der Waals surface area (Å²) >= 11 is 0. The first-order chi connectivity index (χ1) is 10.6. The third-order valence-electron chi connectivity index (χ3n) is 5.13. The highest BCUT2D eigenvalue weighted by Gasteiger charge is 2.33. The fraction of sp³-hybridized carbons (Fsp3) is 0.800. The number of hydrogen-bond donors (Lipinski definition) is 1. The van der Waals surface area contributed by atoms with Crippen LogP contribution in [0.2, 0.25) is 0 Å². The lowest BCUT2D eigenvalue weighted by Crippen LogP contribution is -2.45. The Labute approximate surface area is 132 Å². The van der Waals surface area contributed by atoms with E-state index in [1.807, 2.05) is 4.57 Å². The van der Waals surface area contributed by atoms with E-state index in [4.69, 9.17) is 0 Å². The molecule has 1 N–H and O–H groups in total. The molecule has 1 saturated carbocycles. The first-order valence-corrected chi connectivity index (χ1v) is 9.86. The lowest BCUT2D eigenvalue weighted by atomic mass is 10.1. The molecule has 122 valence electrons. The summed E-state index contributed by atoms with van der Waals surface area (Å²) < 4.78 is 29.2. The summed E-state index contributed by atoms with van der Waals surface area (Å²) in [4.78, 5) is 4.27. The van der Waals surface area contributed by atoms with Gasteiger partial charge in [0.1, 0.15) is 5.82 Å². The van der Waals surface area contributed by atoms with Crippen LogP contribution >= 0.6 is 0 Å². The lowest BCUT2D eigenvalue weighted by Gasteiger charge is -2.31. The van der Waals surface area contributed by atoms with Crippen molar-refractivity contribution in [1.82, 2.24) is 19.2 Å². The number of sulfonamides is 1. The maximum absolute atomic E-state index is 12.8. The number of imidazole rings is 1. The number of piperidine rings is 1. The van der Waals surface area contributed by atoms with Gasteiger partial charge in [-0.2, -0.15) is 4.31 Å². The van der Waals surface area contributed by atoms with Crippen molar-refractivity contribution in [2.45, 2.75) is 56.1 Å². The quantitative estimate of drug-likeness (QED) is 0.877. The second-order valence-corrected chi connectivity index (χ2v) is 8.68. The van der Waals surface area contributed by atoms with Crippen LogP contribution < -0.4 is 5.32 Å². The molecule has 0 aromatic carbocycles. The molecule has 0 atom stereocenters. The van der Waals surface area contributed by atoms with Crippen molar-refractivity contribution in [3.8, 4) is 0 Å². The Morgan fingerprint density at radius 2 is 1.95 bits per heavy atom. The first-order valence-electron chi connectivity index (χ1n) is 8.42. The Balaban J connectivity index is 1.41. The third-order valence-corrected chi connectivity index (χ3v) is 7.03. The predicted octanol–water partition coefficient (Wildman–Crippen LogP) is 0.982. The minimum absolute atomic E-state index is 0.393. The molecule has 2 fully saturated rings. The van der Waals surface area contributed by atoms with E-state index < -0.39 is 10.0 Å². The van der Waals surface area contributed by atoms with E-state index in [2.05, 4.69) is 10.3 Å². The van der Waals surface area contributed by atoms with E-state index in [-0.39, 0.29) is 0 Å². The summed E-state index contributed by atoms with van der Waals surface area (Å²) in [7, 11) is -3.38. The van der Waals surface area contributed by atoms with E-state index in [9.17, 15) is 8.42 Å². The smallest absolute Gasteiger partial charge is 0.260 e. The fourth-order valence-corrected chi connectivity index (χ4v) is 5.14. The molecule has 0 spiro atoms. The number of aromatic nitrogens is 2. The summed E-state index contributed by atoms with van der Waals surface area (Å²) in [5.41, 5.74) is 0. The summed E-state index contributed by atoms with van der Waals surface area (Å²) in [6.45, 7) is 3.12. The Bertz CT molecular complexity index is 642. The molecule has 1 aromatic heterocycles. The van der Waals surface area contributed by atoms with Crippen LogP contribution in [0.25, 0.3) is 0 Å². The maximum atomic E-state index is 12.8. The molecule has 6 nitrogen and oxygen atoms in total. The van der Waals surface area contributed by atoms with Crippen molar-refractivity contribution in [2.75, 3.05) is 19.6 Å². The number of nitrogens with zero attached hydrogens (tertiary/aromatic N) is 3. The molecule has 0 radical (unpaired) electrons. The third kappa shape index (κ3) is 2.70. The minimum Gasteiger partial charge on any atom is -0.318 e. The normalized spacial score (nSPS) is 23.8. The van der Waals surface area contributed by atoms with Gasteiger partial charge in [0.15, 0.2) is 5.03 Å². The van der Waals surface area contributed by atoms with Crippen LogP contribution in [0.4, 0.5) is 0 Å². The van der Waals surface area contributed by atoms with E-state index >= 15 is 0 Å². The number of rotatable bonds is 5. The van der Waals surface area contributed by atoms with Gasteiger partial charge in [-0.1, -0.05) is 0 Å². The zero-order chi connectivity index (χ0) is 15.2. The Morgan fingerprint density at radius 1 is 1.18 bits per heavy atom. The molecule has 7 heteroatoms. The highest BCUT2D eigenvalue weighted by Crippen LogP contribution is 2.29. The van der Waals surface area contributed by atoms with Gasteiger partial charge in [-0.25, -0.2) is 13.4 Å². The van der Waals surface area contributed by atoms with Crippen molar-refractivity contribution in [3.63, 3.8) is 0 Å². The molecule has 2 aliphatic heterocycles. The van der Waals surface area contributed by atoms with Crippen LogP contribution in [-0.2, 0) is 23.0 Å². The van der Waals surface area contributed by atoms with Gasteiger partial charge in [0.05, 0.1) is 6.20 Å². The molecule has 0 bridgehead atoms. The summed E-state index contributed by atoms with van der Waals surface area (Å²) in [6, 6.07) is 0.475. The summed E-state index contributed by atoms with van der Waals surface area (Å²) in [5, 5.41) is 3.99. The molecule has 3 heterocycles. The number of nitrogens with one attached hydrogen (secondary N) is 1. The molecule has 22 heavy (non-hydrogen) atoms. The predicted molar refractivity (Wildman–Crippen MR) is 83.1 cm³/mol. The SMILES string of the molecule is O=S(=O)(c1cnc2n1CCC2)N1CCC(NCC2CC2)CC1. The second-order valence-electron chi connectivity index (χ2n) is 6.80. The molecule has 1 saturated heterocycles. The highest BCUT2D eigenvalue weighted by molar-refractivity contribution is 7.89. The topological polar surface area (TPSA) is 67.2 Å². The van der Waals surface area contributed by atoms with Crippen molar-refractivity contribution >= 4 is 10.0 Å². The molecular weight excluding hydrogens is 300 g/mol. The lowest BCUT2D eigenvalue weighted by molar-refractivity contribution is 0.286. The maximum Gasteiger partial charge on any atom is 0.260 e. The molecule has 3 aliphatic rings. The van der Waals surface area contributed by atoms with Crippen LogP contribution in [0.5, 0.6) is 0 Å². The van der Waals surface area contributed by atoms with E-state index in [1.54, 1.807) is 10.5 Å². The van der Waals surface area contributed by atoms with Crippen molar-refractivity contribution in [2.24, 2.45) is 5.92 Å². The first kappa shape index (κ1) is 14.7. The summed E-state index contributed by atoms with van der Waals surface area (Å²) in [5.74, 6) is 1.79. The van der Waals surface area contributed by atoms with Gasteiger partial charge >= 0.3 is 0 Å². The van der Waals surface area contributed by atoms with Crippen LogP contribution in [0, 0.1) is 5.92 Å². The molecule has 0 amide bonds. The molecule has 1 aliphatic carbocycles. The monoisotopic (exact) mass is 324 g/mol. The largest absolute Gasteiger partial charge is 0.318 e. The van der Waals surface area contributed by atoms with Crippen LogP contribution in [0.1, 0.15) is 37.9 Å². The minimum atomic E-state index is -3.38. The molecule has 4 rings (SSSR count). The van der Waals surface area contributed by atoms with Gasteiger partial charge in [-0.05, 0) is 44.6 Å². The number of aryl methyl sites for hydroxylation is 1. The van der Waals surface area contributed by atoms with Gasteiger partial charge in [0, 0.05) is 32.1 Å². The van der Waals surface area contributed by atoms with Crippen LogP contribution in [0.3, 0.4) is 0 Å².